The maximum absolute atomic E-state index is 14.8. The molecule has 1 aliphatic carbocycles. The Morgan fingerprint density at radius 3 is 2.81 bits per heavy atom. The van der Waals surface area contributed by atoms with E-state index in [0.29, 0.717) is 11.4 Å². The second-order valence-corrected chi connectivity index (χ2v) is 9.70. The van der Waals surface area contributed by atoms with Crippen molar-refractivity contribution in [2.45, 2.75) is 39.3 Å². The van der Waals surface area contributed by atoms with Crippen LogP contribution in [0, 0.1) is 5.82 Å². The lowest BCUT2D eigenvalue weighted by atomic mass is 10.3. The van der Waals surface area contributed by atoms with Gasteiger partial charge in [0, 0.05) is 36.6 Å². The standard InChI is InChI=1S/C25H28FN7O2S/c1-3-32(4-2)11-12-33-15-20(30-31-33)23-14-19-24(36-23)22(9-10-27-19)35-21-8-7-17(13-18(21)26)29-25(34)28-16-5-6-16/h7-10,13-16H,3-6,11-12H2,1-2H3,(H2,28,29,34). The summed E-state index contributed by atoms with van der Waals surface area (Å²) in [5.41, 5.74) is 1.86. The van der Waals surface area contributed by atoms with Crippen LogP contribution in [-0.2, 0) is 6.54 Å². The van der Waals surface area contributed by atoms with Crippen molar-refractivity contribution in [3.8, 4) is 22.1 Å². The zero-order valence-corrected chi connectivity index (χ0v) is 21.0. The number of hydrogen-bond donors (Lipinski definition) is 2. The molecule has 1 aliphatic rings. The van der Waals surface area contributed by atoms with E-state index in [0.717, 1.165) is 59.8 Å². The molecule has 188 valence electrons. The van der Waals surface area contributed by atoms with Gasteiger partial charge in [0.15, 0.2) is 11.6 Å². The van der Waals surface area contributed by atoms with E-state index in [1.165, 1.54) is 23.5 Å². The highest BCUT2D eigenvalue weighted by molar-refractivity contribution is 7.22. The number of urea groups is 1. The number of nitrogens with one attached hydrogen (secondary N) is 2. The van der Waals surface area contributed by atoms with Crippen molar-refractivity contribution in [2.24, 2.45) is 0 Å². The number of halogens is 1. The fourth-order valence-electron chi connectivity index (χ4n) is 3.79. The lowest BCUT2D eigenvalue weighted by Crippen LogP contribution is -2.30. The Labute approximate surface area is 212 Å². The Morgan fingerprint density at radius 1 is 1.22 bits per heavy atom. The molecule has 1 aromatic carbocycles. The van der Waals surface area contributed by atoms with Crippen molar-refractivity contribution < 1.29 is 13.9 Å². The molecule has 2 N–H and O–H groups in total. The van der Waals surface area contributed by atoms with Gasteiger partial charge in [-0.2, -0.15) is 0 Å². The highest BCUT2D eigenvalue weighted by Crippen LogP contribution is 2.39. The van der Waals surface area contributed by atoms with E-state index < -0.39 is 5.82 Å². The van der Waals surface area contributed by atoms with E-state index in [9.17, 15) is 9.18 Å². The molecule has 1 fully saturated rings. The number of amides is 2. The minimum atomic E-state index is -0.572. The molecule has 0 saturated heterocycles. The van der Waals surface area contributed by atoms with Gasteiger partial charge in [-0.1, -0.05) is 19.1 Å². The molecule has 2 amide bonds. The Hall–Kier alpha value is -3.57. The van der Waals surface area contributed by atoms with Gasteiger partial charge in [-0.3, -0.25) is 9.67 Å². The summed E-state index contributed by atoms with van der Waals surface area (Å²) in [4.78, 5) is 19.6. The molecule has 4 aromatic rings. The van der Waals surface area contributed by atoms with E-state index in [2.05, 4.69) is 44.7 Å². The molecule has 0 bridgehead atoms. The molecule has 11 heteroatoms. The number of carbonyl (C=O) groups is 1. The Balaban J connectivity index is 1.30. The first kappa shape index (κ1) is 24.1. The van der Waals surface area contributed by atoms with Gasteiger partial charge in [0.05, 0.1) is 27.8 Å². The normalized spacial score (nSPS) is 13.3. The second-order valence-electron chi connectivity index (χ2n) is 8.65. The van der Waals surface area contributed by atoms with Crippen LogP contribution in [0.1, 0.15) is 26.7 Å². The van der Waals surface area contributed by atoms with E-state index >= 15 is 0 Å². The number of rotatable bonds is 10. The number of carbonyl (C=O) groups excluding carboxylic acids is 1. The van der Waals surface area contributed by atoms with Crippen LogP contribution in [0.15, 0.2) is 42.7 Å². The summed E-state index contributed by atoms with van der Waals surface area (Å²) < 4.78 is 23.3. The third-order valence-electron chi connectivity index (χ3n) is 6.03. The van der Waals surface area contributed by atoms with Crippen molar-refractivity contribution in [3.63, 3.8) is 0 Å². The minimum Gasteiger partial charge on any atom is -0.453 e. The molecule has 0 spiro atoms. The Bertz CT molecular complexity index is 1360. The molecule has 9 nitrogen and oxygen atoms in total. The van der Waals surface area contributed by atoms with Crippen LogP contribution in [0.3, 0.4) is 0 Å². The van der Waals surface area contributed by atoms with Crippen LogP contribution in [0.5, 0.6) is 11.5 Å². The largest absolute Gasteiger partial charge is 0.453 e. The number of ether oxygens (including phenoxy) is 1. The van der Waals surface area contributed by atoms with Crippen molar-refractivity contribution in [1.29, 1.82) is 0 Å². The van der Waals surface area contributed by atoms with Crippen molar-refractivity contribution in [1.82, 2.24) is 30.2 Å². The van der Waals surface area contributed by atoms with Gasteiger partial charge in [-0.05, 0) is 44.1 Å². The van der Waals surface area contributed by atoms with Gasteiger partial charge in [0.1, 0.15) is 11.4 Å². The number of aromatic nitrogens is 4. The van der Waals surface area contributed by atoms with Crippen molar-refractivity contribution in [3.05, 3.63) is 48.5 Å². The van der Waals surface area contributed by atoms with Crippen LogP contribution in [0.2, 0.25) is 0 Å². The smallest absolute Gasteiger partial charge is 0.319 e. The minimum absolute atomic E-state index is 0.0629. The second kappa shape index (κ2) is 10.6. The number of fused-ring (bicyclic) bond motifs is 1. The lowest BCUT2D eigenvalue weighted by Gasteiger charge is -2.17. The van der Waals surface area contributed by atoms with Crippen molar-refractivity contribution >= 4 is 33.3 Å². The van der Waals surface area contributed by atoms with Crippen LogP contribution in [-0.4, -0.2) is 56.6 Å². The molecule has 3 aromatic heterocycles. The lowest BCUT2D eigenvalue weighted by molar-refractivity contribution is 0.251. The highest BCUT2D eigenvalue weighted by Gasteiger charge is 2.23. The number of thiophene rings is 1. The van der Waals surface area contributed by atoms with E-state index in [1.807, 2.05) is 16.9 Å². The van der Waals surface area contributed by atoms with E-state index in [4.69, 9.17) is 4.74 Å². The molecule has 1 saturated carbocycles. The summed E-state index contributed by atoms with van der Waals surface area (Å²) in [6.45, 7) is 7.96. The highest BCUT2D eigenvalue weighted by atomic mass is 32.1. The van der Waals surface area contributed by atoms with Gasteiger partial charge < -0.3 is 20.3 Å². The zero-order valence-electron chi connectivity index (χ0n) is 20.2. The zero-order chi connectivity index (χ0) is 25.1. The first-order valence-electron chi connectivity index (χ1n) is 12.1. The third-order valence-corrected chi connectivity index (χ3v) is 7.19. The topological polar surface area (TPSA) is 97.2 Å². The summed E-state index contributed by atoms with van der Waals surface area (Å²) >= 11 is 1.47. The van der Waals surface area contributed by atoms with Crippen LogP contribution in [0.4, 0.5) is 14.9 Å². The third kappa shape index (κ3) is 5.63. The van der Waals surface area contributed by atoms with Gasteiger partial charge in [-0.15, -0.1) is 16.4 Å². The predicted molar refractivity (Wildman–Crippen MR) is 138 cm³/mol. The van der Waals surface area contributed by atoms with Gasteiger partial charge >= 0.3 is 6.03 Å². The molecule has 0 radical (unpaired) electrons. The summed E-state index contributed by atoms with van der Waals surface area (Å²) in [5.74, 6) is -0.0127. The first-order chi connectivity index (χ1) is 17.5. The summed E-state index contributed by atoms with van der Waals surface area (Å²) in [7, 11) is 0. The molecular formula is C25H28FN7O2S. The fourth-order valence-corrected chi connectivity index (χ4v) is 4.80. The number of anilines is 1. The van der Waals surface area contributed by atoms with E-state index in [-0.39, 0.29) is 17.8 Å². The quantitative estimate of drug-likeness (QED) is 0.308. The van der Waals surface area contributed by atoms with Gasteiger partial charge in [-0.25, -0.2) is 9.18 Å². The first-order valence-corrected chi connectivity index (χ1v) is 12.9. The van der Waals surface area contributed by atoms with Crippen molar-refractivity contribution in [2.75, 3.05) is 25.0 Å². The number of likely N-dealkylation sites (N-methyl/N-ethyl adjacent to an activating group) is 1. The van der Waals surface area contributed by atoms with Crippen LogP contribution in [0.25, 0.3) is 20.8 Å². The maximum atomic E-state index is 14.8. The Morgan fingerprint density at radius 2 is 2.06 bits per heavy atom. The Kier molecular flexibility index (Phi) is 7.10. The summed E-state index contributed by atoms with van der Waals surface area (Å²) in [6.07, 6.45) is 5.52. The molecular weight excluding hydrogens is 481 g/mol. The monoisotopic (exact) mass is 509 g/mol. The molecule has 0 aliphatic heterocycles. The molecule has 36 heavy (non-hydrogen) atoms. The molecule has 0 atom stereocenters. The summed E-state index contributed by atoms with van der Waals surface area (Å²) in [6, 6.07) is 7.89. The fraction of sp³-hybridized carbons (Fsp3) is 0.360. The van der Waals surface area contributed by atoms with E-state index in [1.54, 1.807) is 18.3 Å². The summed E-state index contributed by atoms with van der Waals surface area (Å²) in [5, 5.41) is 14.1. The number of nitrogens with zero attached hydrogens (tertiary/aromatic N) is 5. The molecule has 5 rings (SSSR count). The van der Waals surface area contributed by atoms with Gasteiger partial charge in [0.2, 0.25) is 0 Å². The van der Waals surface area contributed by atoms with Gasteiger partial charge in [0.25, 0.3) is 0 Å². The van der Waals surface area contributed by atoms with Crippen LogP contribution >= 0.6 is 11.3 Å². The maximum Gasteiger partial charge on any atom is 0.319 e. The van der Waals surface area contributed by atoms with Crippen LogP contribution < -0.4 is 15.4 Å². The number of pyridine rings is 1. The predicted octanol–water partition coefficient (Wildman–Crippen LogP) is 5.11. The average molecular weight is 510 g/mol. The average Bonchev–Trinajstić information content (AvgIpc) is 3.37. The molecule has 0 unspecified atom stereocenters. The number of benzene rings is 1. The number of hydrogen-bond acceptors (Lipinski definition) is 7. The molecule has 3 heterocycles. The SMILES string of the molecule is CCN(CC)CCn1cc(-c2cc3nccc(Oc4ccc(NC(=O)NC5CC5)cc4F)c3s2)nn1.